The van der Waals surface area contributed by atoms with E-state index in [0.717, 1.165) is 32.7 Å². The highest BCUT2D eigenvalue weighted by molar-refractivity contribution is 5.85. The van der Waals surface area contributed by atoms with Crippen molar-refractivity contribution in [3.05, 3.63) is 0 Å². The van der Waals surface area contributed by atoms with Gasteiger partial charge < -0.3 is 10.1 Å². The predicted octanol–water partition coefficient (Wildman–Crippen LogP) is -0.556. The Morgan fingerprint density at radius 1 is 1.45 bits per heavy atom. The molecule has 1 N–H and O–H groups in total. The Labute approximate surface area is 72.3 Å². The lowest BCUT2D eigenvalue weighted by molar-refractivity contribution is -0.110. The largest absolute Gasteiger partial charge is 0.379 e. The average molecular weight is 181 g/mol. The van der Waals surface area contributed by atoms with Crippen LogP contribution in [0.1, 0.15) is 0 Å². The van der Waals surface area contributed by atoms with Crippen LogP contribution in [0.5, 0.6) is 0 Å². The molecule has 11 heavy (non-hydrogen) atoms. The minimum Gasteiger partial charge on any atom is -0.379 e. The van der Waals surface area contributed by atoms with Crippen molar-refractivity contribution in [2.24, 2.45) is 0 Å². The third-order valence-electron chi connectivity index (χ3n) is 1.50. The molecule has 0 aromatic rings. The van der Waals surface area contributed by atoms with Gasteiger partial charge in [0.2, 0.25) is 6.41 Å². The summed E-state index contributed by atoms with van der Waals surface area (Å²) in [5.74, 6) is 0. The minimum absolute atomic E-state index is 0. The SMILES string of the molecule is Cl.O=CNCN1CCOCC1. The first-order chi connectivity index (χ1) is 4.93. The molecule has 1 rings (SSSR count). The van der Waals surface area contributed by atoms with Gasteiger partial charge in [0.1, 0.15) is 0 Å². The van der Waals surface area contributed by atoms with Crippen LogP contribution in [0.25, 0.3) is 0 Å². The summed E-state index contributed by atoms with van der Waals surface area (Å²) in [6.07, 6.45) is 0.718. The zero-order valence-electron chi connectivity index (χ0n) is 6.28. The van der Waals surface area contributed by atoms with E-state index in [-0.39, 0.29) is 12.4 Å². The molecule has 0 aromatic heterocycles. The number of halogens is 1. The van der Waals surface area contributed by atoms with E-state index >= 15 is 0 Å². The van der Waals surface area contributed by atoms with Crippen LogP contribution in [-0.4, -0.2) is 44.3 Å². The molecular formula is C6H13ClN2O2. The molecule has 1 amide bonds. The summed E-state index contributed by atoms with van der Waals surface area (Å²) in [5, 5.41) is 2.61. The molecule has 5 heteroatoms. The molecule has 1 fully saturated rings. The number of hydrogen-bond acceptors (Lipinski definition) is 3. The topological polar surface area (TPSA) is 41.6 Å². The van der Waals surface area contributed by atoms with Crippen LogP contribution in [0.3, 0.4) is 0 Å². The van der Waals surface area contributed by atoms with E-state index in [1.165, 1.54) is 0 Å². The molecule has 1 heterocycles. The molecule has 4 nitrogen and oxygen atoms in total. The summed E-state index contributed by atoms with van der Waals surface area (Å²) in [4.78, 5) is 12.0. The number of carbonyl (C=O) groups excluding carboxylic acids is 1. The van der Waals surface area contributed by atoms with Crippen molar-refractivity contribution in [2.45, 2.75) is 0 Å². The van der Waals surface area contributed by atoms with Crippen LogP contribution in [0, 0.1) is 0 Å². The van der Waals surface area contributed by atoms with Crippen molar-refractivity contribution in [1.82, 2.24) is 10.2 Å². The third kappa shape index (κ3) is 4.19. The van der Waals surface area contributed by atoms with Crippen molar-refractivity contribution < 1.29 is 9.53 Å². The molecule has 0 atom stereocenters. The fraction of sp³-hybridized carbons (Fsp3) is 0.833. The number of hydrogen-bond donors (Lipinski definition) is 1. The molecular weight excluding hydrogens is 168 g/mol. The maximum absolute atomic E-state index is 9.88. The molecule has 0 saturated carbocycles. The van der Waals surface area contributed by atoms with Crippen LogP contribution >= 0.6 is 12.4 Å². The molecule has 0 aliphatic carbocycles. The van der Waals surface area contributed by atoms with Crippen molar-refractivity contribution >= 4 is 18.8 Å². The van der Waals surface area contributed by atoms with Gasteiger partial charge in [0.15, 0.2) is 0 Å². The molecule has 0 unspecified atom stereocenters. The Hall–Kier alpha value is -0.320. The predicted molar refractivity (Wildman–Crippen MR) is 43.7 cm³/mol. The zero-order chi connectivity index (χ0) is 7.23. The van der Waals surface area contributed by atoms with Gasteiger partial charge in [-0.1, -0.05) is 0 Å². The number of nitrogens with zero attached hydrogens (tertiary/aromatic N) is 1. The van der Waals surface area contributed by atoms with Gasteiger partial charge in [-0.2, -0.15) is 0 Å². The standard InChI is InChI=1S/C6H12N2O2.ClH/c9-6-7-5-8-1-3-10-4-2-8;/h6H,1-5H2,(H,7,9);1H. The molecule has 1 aliphatic rings. The second-order valence-electron chi connectivity index (χ2n) is 2.21. The number of morpholine rings is 1. The number of carbonyl (C=O) groups is 1. The van der Waals surface area contributed by atoms with Crippen LogP contribution in [-0.2, 0) is 9.53 Å². The van der Waals surface area contributed by atoms with Crippen LogP contribution in [0.4, 0.5) is 0 Å². The van der Waals surface area contributed by atoms with E-state index in [9.17, 15) is 4.79 Å². The Bertz CT molecular complexity index is 107. The smallest absolute Gasteiger partial charge is 0.208 e. The highest BCUT2D eigenvalue weighted by Crippen LogP contribution is 1.92. The quantitative estimate of drug-likeness (QED) is 0.593. The lowest BCUT2D eigenvalue weighted by Gasteiger charge is -2.25. The summed E-state index contributed by atoms with van der Waals surface area (Å²) >= 11 is 0. The van der Waals surface area contributed by atoms with E-state index in [0.29, 0.717) is 6.67 Å². The highest BCUT2D eigenvalue weighted by atomic mass is 35.5. The van der Waals surface area contributed by atoms with Gasteiger partial charge in [-0.05, 0) is 0 Å². The van der Waals surface area contributed by atoms with Crippen molar-refractivity contribution in [2.75, 3.05) is 33.0 Å². The normalized spacial score (nSPS) is 18.5. The Kier molecular flexibility index (Phi) is 6.21. The second kappa shape index (κ2) is 6.39. The fourth-order valence-corrected chi connectivity index (χ4v) is 0.926. The lowest BCUT2D eigenvalue weighted by atomic mass is 10.4. The zero-order valence-corrected chi connectivity index (χ0v) is 7.10. The number of ether oxygens (including phenoxy) is 1. The van der Waals surface area contributed by atoms with Crippen LogP contribution < -0.4 is 5.32 Å². The Morgan fingerprint density at radius 2 is 2.09 bits per heavy atom. The molecule has 66 valence electrons. The van der Waals surface area contributed by atoms with Crippen LogP contribution in [0.2, 0.25) is 0 Å². The summed E-state index contributed by atoms with van der Waals surface area (Å²) in [5.41, 5.74) is 0. The maximum atomic E-state index is 9.88. The first-order valence-electron chi connectivity index (χ1n) is 3.40. The van der Waals surface area contributed by atoms with Crippen molar-refractivity contribution in [3.63, 3.8) is 0 Å². The monoisotopic (exact) mass is 180 g/mol. The van der Waals surface area contributed by atoms with E-state index in [4.69, 9.17) is 4.74 Å². The molecule has 0 spiro atoms. The molecule has 1 aliphatic heterocycles. The molecule has 1 saturated heterocycles. The van der Waals surface area contributed by atoms with Gasteiger partial charge in [0.05, 0.1) is 19.9 Å². The van der Waals surface area contributed by atoms with Crippen molar-refractivity contribution in [1.29, 1.82) is 0 Å². The summed E-state index contributed by atoms with van der Waals surface area (Å²) in [7, 11) is 0. The lowest BCUT2D eigenvalue weighted by Crippen LogP contribution is -2.41. The summed E-state index contributed by atoms with van der Waals surface area (Å²) in [6.45, 7) is 4.04. The van der Waals surface area contributed by atoms with Gasteiger partial charge in [-0.3, -0.25) is 9.69 Å². The number of nitrogens with one attached hydrogen (secondary N) is 1. The number of rotatable bonds is 3. The Morgan fingerprint density at radius 3 is 2.64 bits per heavy atom. The van der Waals surface area contributed by atoms with E-state index in [1.807, 2.05) is 0 Å². The molecule has 0 aromatic carbocycles. The van der Waals surface area contributed by atoms with E-state index in [2.05, 4.69) is 10.2 Å². The molecule has 0 bridgehead atoms. The Balaban J connectivity index is 0.000001000. The van der Waals surface area contributed by atoms with Gasteiger partial charge in [0.25, 0.3) is 0 Å². The van der Waals surface area contributed by atoms with Gasteiger partial charge in [-0.25, -0.2) is 0 Å². The van der Waals surface area contributed by atoms with E-state index in [1.54, 1.807) is 0 Å². The highest BCUT2D eigenvalue weighted by Gasteiger charge is 2.07. The van der Waals surface area contributed by atoms with Crippen molar-refractivity contribution in [3.8, 4) is 0 Å². The number of amides is 1. The van der Waals surface area contributed by atoms with Gasteiger partial charge in [0, 0.05) is 13.1 Å². The summed E-state index contributed by atoms with van der Waals surface area (Å²) in [6, 6.07) is 0. The second-order valence-corrected chi connectivity index (χ2v) is 2.21. The van der Waals surface area contributed by atoms with Gasteiger partial charge in [-0.15, -0.1) is 12.4 Å². The van der Waals surface area contributed by atoms with Crippen LogP contribution in [0.15, 0.2) is 0 Å². The first-order valence-corrected chi connectivity index (χ1v) is 3.40. The average Bonchev–Trinajstić information content (AvgIpc) is 2.03. The molecule has 0 radical (unpaired) electrons. The van der Waals surface area contributed by atoms with E-state index < -0.39 is 0 Å². The first kappa shape index (κ1) is 10.7. The maximum Gasteiger partial charge on any atom is 0.208 e. The van der Waals surface area contributed by atoms with Gasteiger partial charge >= 0.3 is 0 Å². The minimum atomic E-state index is 0. The summed E-state index contributed by atoms with van der Waals surface area (Å²) < 4.78 is 5.12. The fourth-order valence-electron chi connectivity index (χ4n) is 0.926. The third-order valence-corrected chi connectivity index (χ3v) is 1.50.